The summed E-state index contributed by atoms with van der Waals surface area (Å²) >= 11 is 1.62. The number of rotatable bonds is 5. The number of aromatic nitrogens is 4. The zero-order valence-corrected chi connectivity index (χ0v) is 18.4. The van der Waals surface area contributed by atoms with Crippen LogP contribution in [0.15, 0.2) is 72.4 Å². The molecule has 0 saturated heterocycles. The molecule has 0 bridgehead atoms. The molecule has 0 saturated carbocycles. The van der Waals surface area contributed by atoms with Gasteiger partial charge in [-0.3, -0.25) is 0 Å². The molecule has 7 heteroatoms. The van der Waals surface area contributed by atoms with E-state index in [2.05, 4.69) is 44.3 Å². The number of halogens is 1. The van der Waals surface area contributed by atoms with Crippen LogP contribution in [0.25, 0.3) is 32.6 Å². The van der Waals surface area contributed by atoms with Crippen LogP contribution in [0, 0.1) is 12.9 Å². The third-order valence-corrected chi connectivity index (χ3v) is 6.07. The van der Waals surface area contributed by atoms with Gasteiger partial charge in [-0.25, -0.2) is 19.9 Å². The Labute approximate surface area is 189 Å². The predicted molar refractivity (Wildman–Crippen MR) is 127 cm³/mol. The summed E-state index contributed by atoms with van der Waals surface area (Å²) in [5, 5.41) is 3.48. The van der Waals surface area contributed by atoms with Crippen LogP contribution in [-0.4, -0.2) is 19.9 Å². The van der Waals surface area contributed by atoms with Gasteiger partial charge in [0.1, 0.15) is 11.6 Å². The van der Waals surface area contributed by atoms with Crippen LogP contribution in [0.1, 0.15) is 24.4 Å². The number of thiazole rings is 1. The predicted octanol–water partition coefficient (Wildman–Crippen LogP) is 6.44. The zero-order chi connectivity index (χ0) is 22.1. The number of pyridine rings is 1. The molecule has 32 heavy (non-hydrogen) atoms. The highest BCUT2D eigenvalue weighted by molar-refractivity contribution is 7.16. The van der Waals surface area contributed by atoms with Gasteiger partial charge in [-0.15, -0.1) is 11.3 Å². The summed E-state index contributed by atoms with van der Waals surface area (Å²) in [5.41, 5.74) is 7.55. The lowest BCUT2D eigenvalue weighted by Crippen LogP contribution is -2.09. The highest BCUT2D eigenvalue weighted by Crippen LogP contribution is 2.28. The van der Waals surface area contributed by atoms with Crippen LogP contribution >= 0.6 is 11.3 Å². The van der Waals surface area contributed by atoms with Gasteiger partial charge in [0, 0.05) is 29.9 Å². The number of anilines is 1. The van der Waals surface area contributed by atoms with E-state index in [-0.39, 0.29) is 6.04 Å². The molecule has 0 amide bonds. The smallest absolute Gasteiger partial charge is 0.213 e. The summed E-state index contributed by atoms with van der Waals surface area (Å²) in [5.74, 6) is 0.965. The number of benzene rings is 2. The Kier molecular flexibility index (Phi) is 5.33. The Morgan fingerprint density at radius 1 is 0.906 bits per heavy atom. The molecular formula is C25H20FN5S. The Bertz CT molecular complexity index is 1410. The number of nitrogens with one attached hydrogen (secondary N) is 1. The molecule has 158 valence electrons. The molecule has 5 aromatic rings. The fourth-order valence-electron chi connectivity index (χ4n) is 3.68. The van der Waals surface area contributed by atoms with Crippen molar-refractivity contribution in [3.8, 4) is 22.4 Å². The second-order valence-corrected chi connectivity index (χ2v) is 8.47. The van der Waals surface area contributed by atoms with Crippen molar-refractivity contribution in [2.24, 2.45) is 0 Å². The van der Waals surface area contributed by atoms with Gasteiger partial charge in [0.15, 0.2) is 0 Å². The molecule has 1 N–H and O–H groups in total. The number of aryl methyl sites for hydroxylation is 1. The van der Waals surface area contributed by atoms with Crippen LogP contribution in [-0.2, 0) is 0 Å². The summed E-state index contributed by atoms with van der Waals surface area (Å²) < 4.78 is 14.7. The van der Waals surface area contributed by atoms with Crippen LogP contribution in [0.4, 0.5) is 10.2 Å². The minimum Gasteiger partial charge on any atom is -0.363 e. The van der Waals surface area contributed by atoms with Gasteiger partial charge in [-0.05, 0) is 54.8 Å². The molecule has 2 aromatic carbocycles. The van der Waals surface area contributed by atoms with E-state index in [1.807, 2.05) is 48.8 Å². The molecule has 0 spiro atoms. The molecule has 3 heterocycles. The van der Waals surface area contributed by atoms with Crippen LogP contribution in [0.5, 0.6) is 0 Å². The maximum absolute atomic E-state index is 13.5. The first-order valence-electron chi connectivity index (χ1n) is 10.2. The minimum atomic E-state index is -0.486. The monoisotopic (exact) mass is 441 g/mol. The van der Waals surface area contributed by atoms with E-state index < -0.39 is 5.95 Å². The topological polar surface area (TPSA) is 63.6 Å². The van der Waals surface area contributed by atoms with Crippen molar-refractivity contribution in [2.75, 3.05) is 5.32 Å². The van der Waals surface area contributed by atoms with E-state index in [0.29, 0.717) is 5.82 Å². The van der Waals surface area contributed by atoms with Gasteiger partial charge in [0.2, 0.25) is 5.95 Å². The number of hydrogen-bond donors (Lipinski definition) is 1. The summed E-state index contributed by atoms with van der Waals surface area (Å²) in [4.78, 5) is 17.2. The highest BCUT2D eigenvalue weighted by Gasteiger charge is 2.11. The molecule has 0 fully saturated rings. The molecule has 3 aromatic heterocycles. The van der Waals surface area contributed by atoms with Crippen molar-refractivity contribution in [3.05, 3.63) is 89.7 Å². The lowest BCUT2D eigenvalue weighted by Gasteiger charge is -2.17. The first kappa shape index (κ1) is 20.2. The lowest BCUT2D eigenvalue weighted by atomic mass is 10.0. The van der Waals surface area contributed by atoms with Gasteiger partial charge in [0.05, 0.1) is 21.4 Å². The van der Waals surface area contributed by atoms with Crippen LogP contribution in [0.3, 0.4) is 0 Å². The Morgan fingerprint density at radius 2 is 1.78 bits per heavy atom. The summed E-state index contributed by atoms with van der Waals surface area (Å²) in [6.45, 7) is 3.97. The van der Waals surface area contributed by atoms with E-state index in [1.165, 1.54) is 12.3 Å². The molecule has 1 unspecified atom stereocenters. The van der Waals surface area contributed by atoms with Gasteiger partial charge in [0.25, 0.3) is 0 Å². The number of nitrogens with zero attached hydrogens (tertiary/aromatic N) is 4. The third kappa shape index (κ3) is 4.20. The van der Waals surface area contributed by atoms with E-state index in [4.69, 9.17) is 0 Å². The molecule has 0 aliphatic carbocycles. The standard InChI is InChI=1S/C25H20FN5S/c1-15(17-4-3-5-18(10-17)19-8-9-27-24(26)12-19)29-25-13-22(30-16(2)31-25)20-6-7-21-23(11-20)32-14-28-21/h3-15H,1-2H3,(H,29,30,31). The zero-order valence-electron chi connectivity index (χ0n) is 17.6. The molecule has 0 radical (unpaired) electrons. The maximum atomic E-state index is 13.5. The van der Waals surface area contributed by atoms with Gasteiger partial charge in [-0.2, -0.15) is 4.39 Å². The fourth-order valence-corrected chi connectivity index (χ4v) is 4.40. The Morgan fingerprint density at radius 3 is 2.66 bits per heavy atom. The molecule has 0 aliphatic rings. The van der Waals surface area contributed by atoms with Crippen LogP contribution < -0.4 is 5.32 Å². The molecule has 1 atom stereocenters. The van der Waals surface area contributed by atoms with Crippen molar-refractivity contribution in [1.82, 2.24) is 19.9 Å². The van der Waals surface area contributed by atoms with E-state index >= 15 is 0 Å². The number of fused-ring (bicyclic) bond motifs is 1. The van der Waals surface area contributed by atoms with E-state index in [1.54, 1.807) is 17.4 Å². The second-order valence-electron chi connectivity index (χ2n) is 7.58. The lowest BCUT2D eigenvalue weighted by molar-refractivity contribution is 0.584. The largest absolute Gasteiger partial charge is 0.363 e. The van der Waals surface area contributed by atoms with E-state index in [0.717, 1.165) is 44.0 Å². The molecule has 5 rings (SSSR count). The average Bonchev–Trinajstić information content (AvgIpc) is 3.27. The van der Waals surface area contributed by atoms with Crippen molar-refractivity contribution in [1.29, 1.82) is 0 Å². The Balaban J connectivity index is 1.42. The molecule has 0 aliphatic heterocycles. The van der Waals surface area contributed by atoms with Crippen molar-refractivity contribution in [3.63, 3.8) is 0 Å². The second kappa shape index (κ2) is 8.43. The molecular weight excluding hydrogens is 421 g/mol. The average molecular weight is 442 g/mol. The third-order valence-electron chi connectivity index (χ3n) is 5.28. The van der Waals surface area contributed by atoms with Gasteiger partial charge >= 0.3 is 0 Å². The minimum absolute atomic E-state index is 0.00670. The van der Waals surface area contributed by atoms with Crippen molar-refractivity contribution in [2.45, 2.75) is 19.9 Å². The highest BCUT2D eigenvalue weighted by atomic mass is 32.1. The summed E-state index contributed by atoms with van der Waals surface area (Å²) in [6, 6.07) is 19.4. The SMILES string of the molecule is Cc1nc(NC(C)c2cccc(-c3ccnc(F)c3)c2)cc(-c2ccc3ncsc3c2)n1. The van der Waals surface area contributed by atoms with E-state index in [9.17, 15) is 4.39 Å². The molecule has 5 nitrogen and oxygen atoms in total. The van der Waals surface area contributed by atoms with Gasteiger partial charge in [-0.1, -0.05) is 24.3 Å². The number of hydrogen-bond acceptors (Lipinski definition) is 6. The van der Waals surface area contributed by atoms with Gasteiger partial charge < -0.3 is 5.32 Å². The van der Waals surface area contributed by atoms with Crippen molar-refractivity contribution < 1.29 is 4.39 Å². The summed E-state index contributed by atoms with van der Waals surface area (Å²) in [6.07, 6.45) is 1.48. The maximum Gasteiger partial charge on any atom is 0.213 e. The van der Waals surface area contributed by atoms with Crippen molar-refractivity contribution >= 4 is 27.4 Å². The quantitative estimate of drug-likeness (QED) is 0.318. The normalized spacial score (nSPS) is 12.1. The first-order chi connectivity index (χ1) is 15.5. The summed E-state index contributed by atoms with van der Waals surface area (Å²) in [7, 11) is 0. The van der Waals surface area contributed by atoms with Crippen LogP contribution in [0.2, 0.25) is 0 Å². The Hall–Kier alpha value is -3.71. The fraction of sp³-hybridized carbons (Fsp3) is 0.120. The first-order valence-corrected chi connectivity index (χ1v) is 11.1.